The lowest BCUT2D eigenvalue weighted by Crippen LogP contribution is -2.51. The fourth-order valence-corrected chi connectivity index (χ4v) is 9.62. The summed E-state index contributed by atoms with van der Waals surface area (Å²) in [6.45, 7) is 19.2. The molecule has 1 aliphatic rings. The van der Waals surface area contributed by atoms with Gasteiger partial charge in [-0.3, -0.25) is 28.9 Å². The molecule has 382 valence electrons. The van der Waals surface area contributed by atoms with Crippen LogP contribution in [0.1, 0.15) is 50.9 Å². The molecule has 2 atom stereocenters. The van der Waals surface area contributed by atoms with Crippen molar-refractivity contribution in [3.05, 3.63) is 95.8 Å². The molecule has 1 aliphatic heterocycles. The molecular weight excluding hydrogens is 955 g/mol. The van der Waals surface area contributed by atoms with Crippen LogP contribution in [0.2, 0.25) is 51.4 Å². The van der Waals surface area contributed by atoms with Crippen LogP contribution in [-0.4, -0.2) is 129 Å². The van der Waals surface area contributed by atoms with E-state index >= 15 is 4.39 Å². The van der Waals surface area contributed by atoms with Gasteiger partial charge in [0.05, 0.1) is 25.0 Å². The molecule has 0 bridgehead atoms. The summed E-state index contributed by atoms with van der Waals surface area (Å²) in [5.41, 5.74) is 1.50. The zero-order valence-electron chi connectivity index (χ0n) is 42.0. The van der Waals surface area contributed by atoms with Crippen LogP contribution in [0.4, 0.5) is 13.6 Å². The van der Waals surface area contributed by atoms with Crippen molar-refractivity contribution in [1.82, 2.24) is 30.3 Å². The van der Waals surface area contributed by atoms with E-state index in [1.54, 1.807) is 17.2 Å². The first-order chi connectivity index (χ1) is 32.8. The van der Waals surface area contributed by atoms with Crippen molar-refractivity contribution >= 4 is 69.5 Å². The highest BCUT2D eigenvalue weighted by Gasteiger charge is 2.37. The van der Waals surface area contributed by atoms with E-state index in [2.05, 4.69) is 55.2 Å². The van der Waals surface area contributed by atoms with E-state index in [9.17, 15) is 38.0 Å². The minimum atomic E-state index is -1.59. The summed E-state index contributed by atoms with van der Waals surface area (Å²) in [6, 6.07) is 14.3. The van der Waals surface area contributed by atoms with Crippen LogP contribution in [-0.2, 0) is 44.8 Å². The Morgan fingerprint density at radius 2 is 1.47 bits per heavy atom. The highest BCUT2D eigenvalue weighted by molar-refractivity contribution is 7.99. The highest BCUT2D eigenvalue weighted by Crippen LogP contribution is 2.41. The monoisotopic (exact) mass is 1020 g/mol. The van der Waals surface area contributed by atoms with Crippen LogP contribution in [0, 0.1) is 17.0 Å². The maximum atomic E-state index is 15.4. The lowest BCUT2D eigenvalue weighted by atomic mass is 9.83. The van der Waals surface area contributed by atoms with Crippen LogP contribution in [0.15, 0.2) is 72.9 Å². The topological polar surface area (TPSA) is 185 Å². The number of thioether (sulfide) groups is 1. The van der Waals surface area contributed by atoms with Gasteiger partial charge in [0.25, 0.3) is 11.8 Å². The maximum Gasteiger partial charge on any atom is 0.407 e. The van der Waals surface area contributed by atoms with Crippen molar-refractivity contribution in [2.45, 2.75) is 104 Å². The van der Waals surface area contributed by atoms with E-state index < -0.39 is 87.5 Å². The number of imide groups is 1. The van der Waals surface area contributed by atoms with Gasteiger partial charge in [-0.15, -0.1) is 0 Å². The Balaban J connectivity index is 1.54. The van der Waals surface area contributed by atoms with E-state index in [0.717, 1.165) is 46.9 Å². The largest absolute Gasteiger partial charge is 0.464 e. The van der Waals surface area contributed by atoms with Crippen molar-refractivity contribution in [2.24, 2.45) is 5.41 Å². The first-order valence-corrected chi connectivity index (χ1v) is 32.1. The number of esters is 1. The maximum absolute atomic E-state index is 15.4. The Hall–Kier alpha value is -5.61. The summed E-state index contributed by atoms with van der Waals surface area (Å²) >= 11 is 1.20. The second-order valence-electron chi connectivity index (χ2n) is 20.8. The molecule has 0 fully saturated rings. The van der Waals surface area contributed by atoms with Crippen LogP contribution in [0.5, 0.6) is 0 Å². The number of amides is 6. The molecule has 1 aromatic heterocycles. The SMILES string of the molecule is CC(C)(C)[C@H](c1cc(-c2cc(F)ccc2F)cn1Cc1ccccc1)N(CCCNC(=O)OCC[Si](C)(C)C)C(=O)CSCCC(=O)N[C@H](CNC(=O)CN1C(=O)C=CC1=O)C(=O)OCC[Si](C)(C)C. The van der Waals surface area contributed by atoms with Gasteiger partial charge >= 0.3 is 12.1 Å². The highest BCUT2D eigenvalue weighted by atomic mass is 32.2. The molecule has 3 aromatic rings. The molecule has 70 heavy (non-hydrogen) atoms. The van der Waals surface area contributed by atoms with Crippen LogP contribution >= 0.6 is 11.8 Å². The van der Waals surface area contributed by atoms with E-state index in [1.165, 1.54) is 11.8 Å². The molecular formula is C50H70F2N6O9SSi2. The number of hydrogen-bond donors (Lipinski definition) is 3. The second kappa shape index (κ2) is 26.0. The lowest BCUT2D eigenvalue weighted by Gasteiger charge is -2.41. The van der Waals surface area contributed by atoms with Crippen molar-refractivity contribution in [3.63, 3.8) is 0 Å². The molecule has 0 aliphatic carbocycles. The average molecular weight is 1030 g/mol. The summed E-state index contributed by atoms with van der Waals surface area (Å²) in [5.74, 6) is -4.67. The first kappa shape index (κ1) is 57.0. The van der Waals surface area contributed by atoms with Crippen molar-refractivity contribution in [3.8, 4) is 11.1 Å². The Labute approximate surface area is 416 Å². The molecule has 0 saturated heterocycles. The van der Waals surface area contributed by atoms with Gasteiger partial charge in [0.15, 0.2) is 0 Å². The van der Waals surface area contributed by atoms with Gasteiger partial charge in [-0.2, -0.15) is 11.8 Å². The Kier molecular flexibility index (Phi) is 21.2. The van der Waals surface area contributed by atoms with Gasteiger partial charge in [0.2, 0.25) is 17.7 Å². The predicted molar refractivity (Wildman–Crippen MR) is 273 cm³/mol. The van der Waals surface area contributed by atoms with E-state index in [1.807, 2.05) is 55.7 Å². The summed E-state index contributed by atoms with van der Waals surface area (Å²) in [5, 5.41) is 7.94. The number of nitrogens with zero attached hydrogens (tertiary/aromatic N) is 3. The number of aromatic nitrogens is 1. The van der Waals surface area contributed by atoms with Crippen LogP contribution in [0.3, 0.4) is 0 Å². The van der Waals surface area contributed by atoms with Gasteiger partial charge in [-0.25, -0.2) is 18.4 Å². The van der Waals surface area contributed by atoms with E-state index in [0.29, 0.717) is 36.9 Å². The number of halogens is 2. The Morgan fingerprint density at radius 3 is 2.10 bits per heavy atom. The number of carbonyl (C=O) groups excluding carboxylic acids is 7. The fraction of sp³-hybridized carbons (Fsp3) is 0.500. The van der Waals surface area contributed by atoms with E-state index in [-0.39, 0.29) is 55.6 Å². The number of nitrogens with one attached hydrogen (secondary N) is 3. The molecule has 0 unspecified atom stereocenters. The second-order valence-corrected chi connectivity index (χ2v) is 33.1. The molecule has 20 heteroatoms. The van der Waals surface area contributed by atoms with Crippen molar-refractivity contribution in [2.75, 3.05) is 50.9 Å². The minimum Gasteiger partial charge on any atom is -0.464 e. The quantitative estimate of drug-likeness (QED) is 0.0317. The van der Waals surface area contributed by atoms with Crippen LogP contribution in [0.25, 0.3) is 11.1 Å². The third kappa shape index (κ3) is 19.0. The standard InChI is InChI=1S/C50H70F2N6O9SSi2/c1-50(2,3)47(41-28-36(38-29-37(51)16-17-39(38)52)32-56(41)31-35-14-11-10-12-15-35)57(22-13-21-53-49(65)67-24-27-70(7,8)9)46(63)34-68-25-20-42(59)55-40(48(64)66-23-26-69(4,5)6)30-54-43(60)33-58-44(61)18-19-45(58)62/h10-12,14-19,28-29,32,40,47H,13,20-27,30-31,33-34H2,1-9H3,(H,53,65)(H,54,60)(H,55,59)/t40-,47+/m1/s1. The smallest absolute Gasteiger partial charge is 0.407 e. The molecule has 0 radical (unpaired) electrons. The molecule has 0 saturated carbocycles. The molecule has 3 N–H and O–H groups in total. The fourth-order valence-electron chi connectivity index (χ4n) is 7.38. The number of hydrogen-bond acceptors (Lipinski definition) is 10. The number of alkyl carbamates (subject to hydrolysis) is 1. The Morgan fingerprint density at radius 1 is 0.829 bits per heavy atom. The van der Waals surface area contributed by atoms with E-state index in [4.69, 9.17) is 9.47 Å². The third-order valence-electron chi connectivity index (χ3n) is 11.1. The van der Waals surface area contributed by atoms with Crippen molar-refractivity contribution < 1.29 is 51.8 Å². The molecule has 4 rings (SSSR count). The minimum absolute atomic E-state index is 0.0577. The molecule has 0 spiro atoms. The predicted octanol–water partition coefficient (Wildman–Crippen LogP) is 7.38. The van der Waals surface area contributed by atoms with Gasteiger partial charge < -0.3 is 34.9 Å². The van der Waals surface area contributed by atoms with Crippen molar-refractivity contribution in [1.29, 1.82) is 0 Å². The first-order valence-electron chi connectivity index (χ1n) is 23.5. The van der Waals surface area contributed by atoms with Gasteiger partial charge in [-0.1, -0.05) is 90.4 Å². The number of ether oxygens (including phenoxy) is 2. The number of benzene rings is 2. The number of rotatable bonds is 26. The summed E-state index contributed by atoms with van der Waals surface area (Å²) in [7, 11) is -3.02. The molecule has 15 nitrogen and oxygen atoms in total. The zero-order chi connectivity index (χ0) is 51.8. The van der Waals surface area contributed by atoms with Gasteiger partial charge in [0, 0.05) is 89.7 Å². The molecule has 2 heterocycles. The van der Waals surface area contributed by atoms with Gasteiger partial charge in [0.1, 0.15) is 24.2 Å². The zero-order valence-corrected chi connectivity index (χ0v) is 44.8. The Bertz CT molecular complexity index is 2330. The molecule has 2 aromatic carbocycles. The normalized spacial score (nSPS) is 13.7. The lowest BCUT2D eigenvalue weighted by molar-refractivity contribution is -0.147. The van der Waals surface area contributed by atoms with Gasteiger partial charge in [-0.05, 0) is 53.8 Å². The average Bonchev–Trinajstić information content (AvgIpc) is 3.81. The summed E-state index contributed by atoms with van der Waals surface area (Å²) < 4.78 is 42.8. The van der Waals surface area contributed by atoms with Crippen LogP contribution < -0.4 is 16.0 Å². The summed E-state index contributed by atoms with van der Waals surface area (Å²) in [6.07, 6.45) is 3.56. The third-order valence-corrected chi connectivity index (χ3v) is 15.5. The molecule has 6 amide bonds. The summed E-state index contributed by atoms with van der Waals surface area (Å²) in [4.78, 5) is 93.0. The number of carbonyl (C=O) groups is 7.